The molecule has 1 atom stereocenters. The van der Waals surface area contributed by atoms with Crippen molar-refractivity contribution in [2.24, 2.45) is 5.73 Å². The van der Waals surface area contributed by atoms with Crippen LogP contribution >= 0.6 is 0 Å². The monoisotopic (exact) mass is 213 g/mol. The van der Waals surface area contributed by atoms with Gasteiger partial charge in [-0.3, -0.25) is 4.68 Å². The fourth-order valence-corrected chi connectivity index (χ4v) is 1.15. The van der Waals surface area contributed by atoms with E-state index in [0.29, 0.717) is 19.6 Å². The largest absolute Gasteiger partial charge is 0.380 e. The molecule has 0 fully saturated rings. The van der Waals surface area contributed by atoms with Gasteiger partial charge in [-0.05, 0) is 6.92 Å². The van der Waals surface area contributed by atoms with Gasteiger partial charge in [0.05, 0.1) is 18.3 Å². The van der Waals surface area contributed by atoms with E-state index < -0.39 is 0 Å². The van der Waals surface area contributed by atoms with Crippen LogP contribution in [0, 0.1) is 0 Å². The van der Waals surface area contributed by atoms with Gasteiger partial charge in [0, 0.05) is 32.9 Å². The fourth-order valence-electron chi connectivity index (χ4n) is 1.15. The molecule has 0 amide bonds. The van der Waals surface area contributed by atoms with Crippen LogP contribution in [0.25, 0.3) is 0 Å². The average molecular weight is 213 g/mol. The Balaban J connectivity index is 2.25. The summed E-state index contributed by atoms with van der Waals surface area (Å²) in [5, 5.41) is 11.2. The van der Waals surface area contributed by atoms with E-state index in [1.807, 2.05) is 13.1 Å². The van der Waals surface area contributed by atoms with Crippen LogP contribution in [-0.2, 0) is 17.8 Å². The van der Waals surface area contributed by atoms with Crippen LogP contribution in [0.1, 0.15) is 12.6 Å². The minimum Gasteiger partial charge on any atom is -0.380 e. The molecule has 1 unspecified atom stereocenters. The molecule has 6 nitrogen and oxygen atoms in total. The Morgan fingerprint density at radius 2 is 2.47 bits per heavy atom. The van der Waals surface area contributed by atoms with Gasteiger partial charge in [-0.1, -0.05) is 5.21 Å². The van der Waals surface area contributed by atoms with Crippen LogP contribution in [-0.4, -0.2) is 41.3 Å². The van der Waals surface area contributed by atoms with Crippen LogP contribution in [0.2, 0.25) is 0 Å². The van der Waals surface area contributed by atoms with Crippen LogP contribution < -0.4 is 11.1 Å². The number of hydrogen-bond acceptors (Lipinski definition) is 5. The van der Waals surface area contributed by atoms with Crippen molar-refractivity contribution in [3.63, 3.8) is 0 Å². The summed E-state index contributed by atoms with van der Waals surface area (Å²) in [6.07, 6.45) is 2.11. The first-order valence-electron chi connectivity index (χ1n) is 5.09. The minimum absolute atomic E-state index is 0.212. The molecule has 1 heterocycles. The first kappa shape index (κ1) is 12.1. The van der Waals surface area contributed by atoms with Gasteiger partial charge in [0.25, 0.3) is 0 Å². The van der Waals surface area contributed by atoms with Gasteiger partial charge in [-0.2, -0.15) is 0 Å². The highest BCUT2D eigenvalue weighted by Gasteiger charge is 2.01. The molecule has 0 aliphatic heterocycles. The van der Waals surface area contributed by atoms with Crippen LogP contribution in [0.5, 0.6) is 0 Å². The van der Waals surface area contributed by atoms with Crippen LogP contribution in [0.15, 0.2) is 6.20 Å². The van der Waals surface area contributed by atoms with Crippen molar-refractivity contribution < 1.29 is 4.74 Å². The lowest BCUT2D eigenvalue weighted by Crippen LogP contribution is -2.25. The molecule has 1 aromatic rings. The van der Waals surface area contributed by atoms with Gasteiger partial charge in [0.2, 0.25) is 0 Å². The third-order valence-corrected chi connectivity index (χ3v) is 2.08. The van der Waals surface area contributed by atoms with E-state index in [9.17, 15) is 0 Å². The number of methoxy groups -OCH3 is 1. The Bertz CT molecular complexity index is 275. The Hall–Kier alpha value is -0.980. The van der Waals surface area contributed by atoms with Crippen molar-refractivity contribution in [1.82, 2.24) is 20.3 Å². The Kier molecular flexibility index (Phi) is 5.23. The molecule has 6 heteroatoms. The van der Waals surface area contributed by atoms with Crippen LogP contribution in [0.3, 0.4) is 0 Å². The first-order valence-corrected chi connectivity index (χ1v) is 5.09. The SMILES string of the molecule is COC(C)CNCc1cn(CCN)nn1. The lowest BCUT2D eigenvalue weighted by molar-refractivity contribution is 0.117. The summed E-state index contributed by atoms with van der Waals surface area (Å²) < 4.78 is 6.86. The molecule has 0 aliphatic carbocycles. The quantitative estimate of drug-likeness (QED) is 0.630. The van der Waals surface area contributed by atoms with E-state index in [1.165, 1.54) is 0 Å². The number of nitrogens with zero attached hydrogens (tertiary/aromatic N) is 3. The Labute approximate surface area is 89.8 Å². The predicted octanol–water partition coefficient (Wildman–Crippen LogP) is -0.639. The number of aromatic nitrogens is 3. The molecule has 0 bridgehead atoms. The van der Waals surface area contributed by atoms with Gasteiger partial charge in [0.1, 0.15) is 0 Å². The molecule has 1 rings (SSSR count). The molecule has 0 saturated carbocycles. The predicted molar refractivity (Wildman–Crippen MR) is 57.3 cm³/mol. The number of nitrogens with two attached hydrogens (primary N) is 1. The molecule has 0 spiro atoms. The van der Waals surface area contributed by atoms with Crippen molar-refractivity contribution in [2.45, 2.75) is 26.1 Å². The second-order valence-electron chi connectivity index (χ2n) is 3.44. The number of hydrogen-bond donors (Lipinski definition) is 2. The van der Waals surface area contributed by atoms with E-state index in [1.54, 1.807) is 11.8 Å². The second-order valence-corrected chi connectivity index (χ2v) is 3.44. The molecular formula is C9H19N5O. The molecule has 0 radical (unpaired) electrons. The molecule has 3 N–H and O–H groups in total. The maximum atomic E-state index is 5.41. The highest BCUT2D eigenvalue weighted by molar-refractivity contribution is 4.91. The molecule has 0 aromatic carbocycles. The van der Waals surface area contributed by atoms with E-state index in [-0.39, 0.29) is 6.10 Å². The molecular weight excluding hydrogens is 194 g/mol. The van der Waals surface area contributed by atoms with Crippen molar-refractivity contribution >= 4 is 0 Å². The highest BCUT2D eigenvalue weighted by Crippen LogP contribution is 1.92. The zero-order valence-corrected chi connectivity index (χ0v) is 9.31. The summed E-state index contributed by atoms with van der Waals surface area (Å²) in [5.74, 6) is 0. The summed E-state index contributed by atoms with van der Waals surface area (Å²) in [5.41, 5.74) is 6.33. The second kappa shape index (κ2) is 6.49. The first-order chi connectivity index (χ1) is 7.26. The van der Waals surface area contributed by atoms with E-state index >= 15 is 0 Å². The Morgan fingerprint density at radius 3 is 3.13 bits per heavy atom. The molecule has 0 saturated heterocycles. The topological polar surface area (TPSA) is 78.0 Å². The summed E-state index contributed by atoms with van der Waals surface area (Å²) in [6.45, 7) is 4.81. The minimum atomic E-state index is 0.212. The van der Waals surface area contributed by atoms with Gasteiger partial charge >= 0.3 is 0 Å². The maximum Gasteiger partial charge on any atom is 0.0964 e. The van der Waals surface area contributed by atoms with Crippen molar-refractivity contribution in [3.8, 4) is 0 Å². The maximum absolute atomic E-state index is 5.41. The normalized spacial score (nSPS) is 13.0. The van der Waals surface area contributed by atoms with Crippen LogP contribution in [0.4, 0.5) is 0 Å². The third-order valence-electron chi connectivity index (χ3n) is 2.08. The molecule has 0 aliphatic rings. The van der Waals surface area contributed by atoms with Crippen molar-refractivity contribution in [1.29, 1.82) is 0 Å². The van der Waals surface area contributed by atoms with E-state index in [0.717, 1.165) is 12.2 Å². The van der Waals surface area contributed by atoms with E-state index in [4.69, 9.17) is 10.5 Å². The summed E-state index contributed by atoms with van der Waals surface area (Å²) in [4.78, 5) is 0. The van der Waals surface area contributed by atoms with Gasteiger partial charge < -0.3 is 15.8 Å². The fraction of sp³-hybridized carbons (Fsp3) is 0.778. The standard InChI is InChI=1S/C9H19N5O/c1-8(15-2)5-11-6-9-7-14(4-3-10)13-12-9/h7-8,11H,3-6,10H2,1-2H3. The number of rotatable bonds is 7. The summed E-state index contributed by atoms with van der Waals surface area (Å²) in [6, 6.07) is 0. The van der Waals surface area contributed by atoms with Gasteiger partial charge in [-0.15, -0.1) is 5.10 Å². The zero-order valence-electron chi connectivity index (χ0n) is 9.31. The van der Waals surface area contributed by atoms with Gasteiger partial charge in [0.15, 0.2) is 0 Å². The lowest BCUT2D eigenvalue weighted by atomic mass is 10.4. The zero-order chi connectivity index (χ0) is 11.1. The number of ether oxygens (including phenoxy) is 1. The molecule has 15 heavy (non-hydrogen) atoms. The molecule has 86 valence electrons. The van der Waals surface area contributed by atoms with Crippen molar-refractivity contribution in [3.05, 3.63) is 11.9 Å². The lowest BCUT2D eigenvalue weighted by Gasteiger charge is -2.08. The average Bonchev–Trinajstić information content (AvgIpc) is 2.66. The highest BCUT2D eigenvalue weighted by atomic mass is 16.5. The van der Waals surface area contributed by atoms with Gasteiger partial charge in [-0.25, -0.2) is 0 Å². The molecule has 1 aromatic heterocycles. The van der Waals surface area contributed by atoms with E-state index in [2.05, 4.69) is 15.6 Å². The Morgan fingerprint density at radius 1 is 1.67 bits per heavy atom. The third kappa shape index (κ3) is 4.37. The summed E-state index contributed by atoms with van der Waals surface area (Å²) >= 11 is 0. The smallest absolute Gasteiger partial charge is 0.0964 e. The van der Waals surface area contributed by atoms with Crippen molar-refractivity contribution in [2.75, 3.05) is 20.2 Å². The number of nitrogens with one attached hydrogen (secondary N) is 1. The summed E-state index contributed by atoms with van der Waals surface area (Å²) in [7, 11) is 1.70.